The van der Waals surface area contributed by atoms with Crippen LogP contribution in [0.5, 0.6) is 0 Å². The van der Waals surface area contributed by atoms with E-state index in [0.717, 1.165) is 36.0 Å². The number of rotatable bonds is 5. The molecule has 0 unspecified atom stereocenters. The molecule has 1 aromatic carbocycles. The molecule has 0 fully saturated rings. The van der Waals surface area contributed by atoms with Crippen LogP contribution in [0.4, 0.5) is 0 Å². The molecule has 0 aliphatic heterocycles. The molecule has 5 heteroatoms. The first-order valence-electron chi connectivity index (χ1n) is 7.08. The number of halogens is 1. The SMILES string of the molecule is CCCNCc1cnc(-n2ncc3ccccc32)c(Cl)c1. The number of fused-ring (bicyclic) bond motifs is 1. The van der Waals surface area contributed by atoms with E-state index in [-0.39, 0.29) is 0 Å². The molecule has 0 amide bonds. The first kappa shape index (κ1) is 14.0. The van der Waals surface area contributed by atoms with Crippen molar-refractivity contribution in [2.24, 2.45) is 0 Å². The predicted octanol–water partition coefficient (Wildman–Crippen LogP) is 3.57. The summed E-state index contributed by atoms with van der Waals surface area (Å²) in [4.78, 5) is 4.48. The molecule has 2 heterocycles. The maximum atomic E-state index is 6.38. The van der Waals surface area contributed by atoms with Gasteiger partial charge in [-0.05, 0) is 30.7 Å². The molecule has 0 radical (unpaired) electrons. The third-order valence-electron chi connectivity index (χ3n) is 3.31. The van der Waals surface area contributed by atoms with Gasteiger partial charge in [0.05, 0.1) is 16.7 Å². The average molecular weight is 301 g/mol. The van der Waals surface area contributed by atoms with E-state index in [9.17, 15) is 0 Å². The highest BCUT2D eigenvalue weighted by molar-refractivity contribution is 6.32. The molecule has 0 aliphatic rings. The van der Waals surface area contributed by atoms with Crippen LogP contribution in [-0.4, -0.2) is 21.3 Å². The van der Waals surface area contributed by atoms with E-state index in [4.69, 9.17) is 11.6 Å². The molecule has 1 N–H and O–H groups in total. The minimum absolute atomic E-state index is 0.611. The molecule has 3 aromatic rings. The van der Waals surface area contributed by atoms with Gasteiger partial charge in [0.1, 0.15) is 0 Å². The van der Waals surface area contributed by atoms with Gasteiger partial charge in [-0.2, -0.15) is 5.10 Å². The molecule has 3 rings (SSSR count). The lowest BCUT2D eigenvalue weighted by Crippen LogP contribution is -2.14. The van der Waals surface area contributed by atoms with Crippen LogP contribution in [0.15, 0.2) is 42.7 Å². The lowest BCUT2D eigenvalue weighted by Gasteiger charge is -2.08. The van der Waals surface area contributed by atoms with Crippen LogP contribution in [0.3, 0.4) is 0 Å². The Morgan fingerprint density at radius 1 is 1.24 bits per heavy atom. The van der Waals surface area contributed by atoms with Crippen molar-refractivity contribution in [3.8, 4) is 5.82 Å². The topological polar surface area (TPSA) is 42.7 Å². The summed E-state index contributed by atoms with van der Waals surface area (Å²) in [5, 5.41) is 9.41. The third-order valence-corrected chi connectivity index (χ3v) is 3.59. The summed E-state index contributed by atoms with van der Waals surface area (Å²) in [5.41, 5.74) is 2.08. The van der Waals surface area contributed by atoms with Gasteiger partial charge < -0.3 is 5.32 Å². The number of benzene rings is 1. The van der Waals surface area contributed by atoms with Crippen molar-refractivity contribution in [3.63, 3.8) is 0 Å². The second-order valence-electron chi connectivity index (χ2n) is 4.94. The zero-order chi connectivity index (χ0) is 14.7. The van der Waals surface area contributed by atoms with Crippen molar-refractivity contribution in [1.29, 1.82) is 0 Å². The van der Waals surface area contributed by atoms with Crippen molar-refractivity contribution in [1.82, 2.24) is 20.1 Å². The normalized spacial score (nSPS) is 11.1. The Labute approximate surface area is 128 Å². The van der Waals surface area contributed by atoms with E-state index in [2.05, 4.69) is 22.3 Å². The van der Waals surface area contributed by atoms with Gasteiger partial charge in [0.15, 0.2) is 5.82 Å². The van der Waals surface area contributed by atoms with Crippen LogP contribution in [0.1, 0.15) is 18.9 Å². The fourth-order valence-electron chi connectivity index (χ4n) is 2.27. The molecular formula is C16H17ClN4. The molecule has 0 spiro atoms. The largest absolute Gasteiger partial charge is 0.313 e. The van der Waals surface area contributed by atoms with Crippen molar-refractivity contribution in [3.05, 3.63) is 53.3 Å². The Morgan fingerprint density at radius 2 is 2.10 bits per heavy atom. The fraction of sp³-hybridized carbons (Fsp3) is 0.250. The van der Waals surface area contributed by atoms with E-state index in [0.29, 0.717) is 10.8 Å². The summed E-state index contributed by atoms with van der Waals surface area (Å²) in [6.45, 7) is 3.91. The summed E-state index contributed by atoms with van der Waals surface area (Å²) in [5.74, 6) is 0.664. The number of pyridine rings is 1. The maximum Gasteiger partial charge on any atom is 0.172 e. The van der Waals surface area contributed by atoms with Crippen molar-refractivity contribution >= 4 is 22.5 Å². The lowest BCUT2D eigenvalue weighted by molar-refractivity contribution is 0.673. The molecule has 0 saturated heterocycles. The summed E-state index contributed by atoms with van der Waals surface area (Å²) in [7, 11) is 0. The quantitative estimate of drug-likeness (QED) is 0.733. The maximum absolute atomic E-state index is 6.38. The van der Waals surface area contributed by atoms with Gasteiger partial charge in [0, 0.05) is 18.1 Å². The number of hydrogen-bond donors (Lipinski definition) is 1. The van der Waals surface area contributed by atoms with E-state index >= 15 is 0 Å². The van der Waals surface area contributed by atoms with Crippen LogP contribution in [-0.2, 0) is 6.54 Å². The van der Waals surface area contributed by atoms with Crippen LogP contribution in [0.2, 0.25) is 5.02 Å². The Morgan fingerprint density at radius 3 is 2.90 bits per heavy atom. The van der Waals surface area contributed by atoms with Crippen molar-refractivity contribution in [2.75, 3.05) is 6.54 Å². The smallest absolute Gasteiger partial charge is 0.172 e. The number of hydrogen-bond acceptors (Lipinski definition) is 3. The minimum atomic E-state index is 0.611. The summed E-state index contributed by atoms with van der Waals surface area (Å²) >= 11 is 6.38. The van der Waals surface area contributed by atoms with Gasteiger partial charge in [-0.3, -0.25) is 0 Å². The lowest BCUT2D eigenvalue weighted by atomic mass is 10.2. The monoisotopic (exact) mass is 300 g/mol. The molecule has 0 atom stereocenters. The predicted molar refractivity (Wildman–Crippen MR) is 85.9 cm³/mol. The average Bonchev–Trinajstić information content (AvgIpc) is 2.92. The van der Waals surface area contributed by atoms with Crippen molar-refractivity contribution in [2.45, 2.75) is 19.9 Å². The van der Waals surface area contributed by atoms with E-state index in [1.165, 1.54) is 0 Å². The Hall–Kier alpha value is -1.91. The Balaban J connectivity index is 1.92. The molecule has 21 heavy (non-hydrogen) atoms. The van der Waals surface area contributed by atoms with Crippen LogP contribution >= 0.6 is 11.6 Å². The van der Waals surface area contributed by atoms with E-state index in [1.54, 1.807) is 4.68 Å². The number of para-hydroxylation sites is 1. The van der Waals surface area contributed by atoms with Crippen LogP contribution < -0.4 is 5.32 Å². The molecule has 0 aliphatic carbocycles. The minimum Gasteiger partial charge on any atom is -0.313 e. The second-order valence-corrected chi connectivity index (χ2v) is 5.35. The highest BCUT2D eigenvalue weighted by Gasteiger charge is 2.10. The standard InChI is InChI=1S/C16H17ClN4/c1-2-7-18-9-12-8-14(17)16(19-10-12)21-15-6-4-3-5-13(15)11-20-21/h3-6,8,10-11,18H,2,7,9H2,1H3. The second kappa shape index (κ2) is 6.24. The number of aromatic nitrogens is 3. The zero-order valence-corrected chi connectivity index (χ0v) is 12.6. The number of nitrogens with zero attached hydrogens (tertiary/aromatic N) is 3. The first-order chi connectivity index (χ1) is 10.3. The van der Waals surface area contributed by atoms with Crippen LogP contribution in [0, 0.1) is 0 Å². The van der Waals surface area contributed by atoms with E-state index in [1.807, 2.05) is 42.7 Å². The Bertz CT molecular complexity index is 751. The van der Waals surface area contributed by atoms with Gasteiger partial charge in [-0.25, -0.2) is 9.67 Å². The molecule has 2 aromatic heterocycles. The highest BCUT2D eigenvalue weighted by atomic mass is 35.5. The molecule has 0 saturated carbocycles. The van der Waals surface area contributed by atoms with E-state index < -0.39 is 0 Å². The summed E-state index contributed by atoms with van der Waals surface area (Å²) in [6, 6.07) is 9.96. The number of nitrogens with one attached hydrogen (secondary N) is 1. The highest BCUT2D eigenvalue weighted by Crippen LogP contribution is 2.23. The fourth-order valence-corrected chi connectivity index (χ4v) is 2.54. The van der Waals surface area contributed by atoms with Gasteiger partial charge in [-0.15, -0.1) is 0 Å². The van der Waals surface area contributed by atoms with Gasteiger partial charge >= 0.3 is 0 Å². The summed E-state index contributed by atoms with van der Waals surface area (Å²) < 4.78 is 1.78. The Kier molecular flexibility index (Phi) is 4.18. The molecule has 108 valence electrons. The van der Waals surface area contributed by atoms with Crippen LogP contribution in [0.25, 0.3) is 16.7 Å². The first-order valence-corrected chi connectivity index (χ1v) is 7.45. The summed E-state index contributed by atoms with van der Waals surface area (Å²) in [6.07, 6.45) is 4.78. The molecular weight excluding hydrogens is 284 g/mol. The van der Waals surface area contributed by atoms with Gasteiger partial charge in [0.25, 0.3) is 0 Å². The van der Waals surface area contributed by atoms with Gasteiger partial charge in [-0.1, -0.05) is 36.7 Å². The molecule has 0 bridgehead atoms. The third kappa shape index (κ3) is 2.91. The van der Waals surface area contributed by atoms with Gasteiger partial charge in [0.2, 0.25) is 0 Å². The zero-order valence-electron chi connectivity index (χ0n) is 11.9. The molecule has 4 nitrogen and oxygen atoms in total. The van der Waals surface area contributed by atoms with Crippen molar-refractivity contribution < 1.29 is 0 Å².